The molecule has 3 aromatic heterocycles. The summed E-state index contributed by atoms with van der Waals surface area (Å²) in [6.07, 6.45) is 3.03. The molecule has 0 aliphatic heterocycles. The van der Waals surface area contributed by atoms with Crippen molar-refractivity contribution in [2.24, 2.45) is 0 Å². The minimum Gasteiger partial charge on any atom is -0.478 e. The molecule has 3 heterocycles. The van der Waals surface area contributed by atoms with E-state index in [0.29, 0.717) is 22.9 Å². The van der Waals surface area contributed by atoms with E-state index < -0.39 is 5.97 Å². The van der Waals surface area contributed by atoms with Gasteiger partial charge < -0.3 is 5.11 Å². The van der Waals surface area contributed by atoms with E-state index in [2.05, 4.69) is 25.6 Å². The van der Waals surface area contributed by atoms with E-state index in [9.17, 15) is 4.79 Å². The smallest absolute Gasteiger partial charge is 0.339 e. The van der Waals surface area contributed by atoms with Crippen molar-refractivity contribution in [3.63, 3.8) is 0 Å². The lowest BCUT2D eigenvalue weighted by Crippen LogP contribution is -2.08. The van der Waals surface area contributed by atoms with Crippen LogP contribution in [0.2, 0.25) is 0 Å². The average Bonchev–Trinajstić information content (AvgIpc) is 2.93. The first kappa shape index (κ1) is 11.3. The van der Waals surface area contributed by atoms with Gasteiger partial charge in [0.15, 0.2) is 11.5 Å². The molecule has 9 heteroatoms. The van der Waals surface area contributed by atoms with Crippen molar-refractivity contribution in [3.05, 3.63) is 29.3 Å². The molecule has 0 atom stereocenters. The van der Waals surface area contributed by atoms with E-state index >= 15 is 0 Å². The largest absolute Gasteiger partial charge is 0.478 e. The highest BCUT2D eigenvalue weighted by molar-refractivity contribution is 5.90. The van der Waals surface area contributed by atoms with Gasteiger partial charge in [-0.3, -0.25) is 4.98 Å². The van der Waals surface area contributed by atoms with E-state index in [-0.39, 0.29) is 5.56 Å². The fourth-order valence-electron chi connectivity index (χ4n) is 1.98. The molecule has 3 rings (SSSR count). The van der Waals surface area contributed by atoms with Crippen molar-refractivity contribution < 1.29 is 9.90 Å². The normalized spacial score (nSPS) is 11.1. The molecule has 0 spiro atoms. The fourth-order valence-corrected chi connectivity index (χ4v) is 1.98. The van der Waals surface area contributed by atoms with E-state index in [1.807, 2.05) is 0 Å². The van der Waals surface area contributed by atoms with Crippen LogP contribution in [0.5, 0.6) is 0 Å². The predicted octanol–water partition coefficient (Wildman–Crippen LogP) is 0.0200. The molecule has 0 bridgehead atoms. The van der Waals surface area contributed by atoms with Crippen molar-refractivity contribution in [1.29, 1.82) is 0 Å². The Morgan fingerprint density at radius 2 is 2.11 bits per heavy atom. The van der Waals surface area contributed by atoms with Crippen molar-refractivity contribution >= 4 is 11.6 Å². The molecule has 3 aromatic rings. The first-order valence-electron chi connectivity index (χ1n) is 5.41. The summed E-state index contributed by atoms with van der Waals surface area (Å²) in [5.41, 5.74) is 1.55. The van der Waals surface area contributed by atoms with Gasteiger partial charge in [-0.2, -0.15) is 9.61 Å². The number of aromatic nitrogens is 7. The van der Waals surface area contributed by atoms with Gasteiger partial charge in [0.2, 0.25) is 0 Å². The van der Waals surface area contributed by atoms with Gasteiger partial charge in [0.05, 0.1) is 23.8 Å². The second-order valence-corrected chi connectivity index (χ2v) is 3.98. The quantitative estimate of drug-likeness (QED) is 0.690. The summed E-state index contributed by atoms with van der Waals surface area (Å²) in [5, 5.41) is 24.5. The number of hydrogen-bond donors (Lipinski definition) is 1. The number of carboxylic acid groups (broad SMARTS) is 1. The Labute approximate surface area is 106 Å². The molecule has 0 radical (unpaired) electrons. The SMILES string of the molecule is Cc1nn(-c2cncc3nnnn23)c(C)c1C(=O)O. The van der Waals surface area contributed by atoms with Gasteiger partial charge >= 0.3 is 5.97 Å². The minimum atomic E-state index is -1.02. The van der Waals surface area contributed by atoms with Crippen molar-refractivity contribution in [3.8, 4) is 5.82 Å². The van der Waals surface area contributed by atoms with Gasteiger partial charge in [0, 0.05) is 0 Å². The van der Waals surface area contributed by atoms with Crippen LogP contribution in [0, 0.1) is 13.8 Å². The second-order valence-electron chi connectivity index (χ2n) is 3.98. The summed E-state index contributed by atoms with van der Waals surface area (Å²) >= 11 is 0. The Hall–Kier alpha value is -2.84. The maximum absolute atomic E-state index is 11.2. The highest BCUT2D eigenvalue weighted by Gasteiger charge is 2.20. The van der Waals surface area contributed by atoms with Gasteiger partial charge in [-0.05, 0) is 24.3 Å². The number of carboxylic acids is 1. The highest BCUT2D eigenvalue weighted by atomic mass is 16.4. The molecule has 1 N–H and O–H groups in total. The number of hydrogen-bond acceptors (Lipinski definition) is 6. The molecule has 19 heavy (non-hydrogen) atoms. The third-order valence-electron chi connectivity index (χ3n) is 2.81. The number of aromatic carboxylic acids is 1. The topological polar surface area (TPSA) is 111 Å². The number of fused-ring (bicyclic) bond motifs is 1. The zero-order valence-electron chi connectivity index (χ0n) is 10.1. The van der Waals surface area contributed by atoms with Crippen LogP contribution in [0.15, 0.2) is 12.4 Å². The molecule has 9 nitrogen and oxygen atoms in total. The Bertz CT molecular complexity index is 788. The molecule has 0 aliphatic rings. The third kappa shape index (κ3) is 1.55. The Morgan fingerprint density at radius 3 is 2.79 bits per heavy atom. The van der Waals surface area contributed by atoms with Crippen LogP contribution in [0.4, 0.5) is 0 Å². The number of aryl methyl sites for hydroxylation is 1. The average molecular weight is 259 g/mol. The zero-order valence-corrected chi connectivity index (χ0v) is 10.1. The molecule has 0 saturated carbocycles. The molecule has 0 saturated heterocycles. The predicted molar refractivity (Wildman–Crippen MR) is 62.1 cm³/mol. The van der Waals surface area contributed by atoms with Crippen LogP contribution < -0.4 is 0 Å². The first-order valence-corrected chi connectivity index (χ1v) is 5.41. The van der Waals surface area contributed by atoms with Crippen molar-refractivity contribution in [2.45, 2.75) is 13.8 Å². The summed E-state index contributed by atoms with van der Waals surface area (Å²) < 4.78 is 2.91. The summed E-state index contributed by atoms with van der Waals surface area (Å²) in [6.45, 7) is 3.31. The monoisotopic (exact) mass is 259 g/mol. The number of tetrazole rings is 1. The van der Waals surface area contributed by atoms with Gasteiger partial charge in [-0.15, -0.1) is 5.10 Å². The Morgan fingerprint density at radius 1 is 1.32 bits per heavy atom. The maximum Gasteiger partial charge on any atom is 0.339 e. The summed E-state index contributed by atoms with van der Waals surface area (Å²) in [7, 11) is 0. The first-order chi connectivity index (χ1) is 9.09. The van der Waals surface area contributed by atoms with Gasteiger partial charge in [-0.1, -0.05) is 0 Å². The van der Waals surface area contributed by atoms with Crippen molar-refractivity contribution in [2.75, 3.05) is 0 Å². The number of nitrogens with zero attached hydrogens (tertiary/aromatic N) is 7. The van der Waals surface area contributed by atoms with E-state index in [1.54, 1.807) is 13.8 Å². The lowest BCUT2D eigenvalue weighted by Gasteiger charge is -2.04. The summed E-state index contributed by atoms with van der Waals surface area (Å²) in [5.74, 6) is -0.534. The Kier molecular flexibility index (Phi) is 2.27. The lowest BCUT2D eigenvalue weighted by molar-refractivity contribution is 0.0695. The molecule has 96 valence electrons. The molecule has 0 aliphatic carbocycles. The molecular formula is C10H9N7O2. The third-order valence-corrected chi connectivity index (χ3v) is 2.81. The van der Waals surface area contributed by atoms with Gasteiger partial charge in [0.1, 0.15) is 5.56 Å². The standard InChI is InChI=1S/C10H9N7O2/c1-5-9(10(18)19)6(2)16(13-5)8-4-11-3-7-12-14-15-17(7)8/h3-4H,1-2H3,(H,18,19). The molecular weight excluding hydrogens is 250 g/mol. The highest BCUT2D eigenvalue weighted by Crippen LogP contribution is 2.17. The van der Waals surface area contributed by atoms with Crippen LogP contribution in [0.3, 0.4) is 0 Å². The lowest BCUT2D eigenvalue weighted by atomic mass is 10.2. The molecule has 0 amide bonds. The van der Waals surface area contributed by atoms with Crippen molar-refractivity contribution in [1.82, 2.24) is 34.8 Å². The second kappa shape index (κ2) is 3.83. The molecule has 0 fully saturated rings. The van der Waals surface area contributed by atoms with Crippen LogP contribution in [0.1, 0.15) is 21.7 Å². The molecule has 0 unspecified atom stereocenters. The number of rotatable bonds is 2. The summed E-state index contributed by atoms with van der Waals surface area (Å²) in [6, 6.07) is 0. The summed E-state index contributed by atoms with van der Waals surface area (Å²) in [4.78, 5) is 15.2. The number of carbonyl (C=O) groups is 1. The van der Waals surface area contributed by atoms with Gasteiger partial charge in [0.25, 0.3) is 0 Å². The van der Waals surface area contributed by atoms with E-state index in [1.165, 1.54) is 21.6 Å². The van der Waals surface area contributed by atoms with E-state index in [4.69, 9.17) is 5.11 Å². The van der Waals surface area contributed by atoms with E-state index in [0.717, 1.165) is 0 Å². The Balaban J connectivity index is 2.31. The van der Waals surface area contributed by atoms with Gasteiger partial charge in [-0.25, -0.2) is 9.48 Å². The van der Waals surface area contributed by atoms with Crippen LogP contribution in [-0.2, 0) is 0 Å². The molecule has 0 aromatic carbocycles. The van der Waals surface area contributed by atoms with Crippen LogP contribution in [-0.4, -0.2) is 45.9 Å². The van der Waals surface area contributed by atoms with Crippen LogP contribution >= 0.6 is 0 Å². The van der Waals surface area contributed by atoms with Crippen LogP contribution in [0.25, 0.3) is 11.5 Å². The maximum atomic E-state index is 11.2. The zero-order chi connectivity index (χ0) is 13.6. The fraction of sp³-hybridized carbons (Fsp3) is 0.200. The minimum absolute atomic E-state index is 0.171.